The fourth-order valence-corrected chi connectivity index (χ4v) is 10.6. The van der Waals surface area contributed by atoms with Crippen LogP contribution in [0.15, 0.2) is 53.5 Å². The van der Waals surface area contributed by atoms with Crippen molar-refractivity contribution in [3.8, 4) is 5.75 Å². The van der Waals surface area contributed by atoms with Crippen LogP contribution in [-0.2, 0) is 65.6 Å². The van der Waals surface area contributed by atoms with Crippen molar-refractivity contribution in [1.29, 1.82) is 0 Å². The number of guanidine groups is 1. The lowest BCUT2D eigenvalue weighted by Gasteiger charge is -2.31. The summed E-state index contributed by atoms with van der Waals surface area (Å²) in [6.07, 6.45) is -0.960. The number of nitrogens with one attached hydrogen (secondary N) is 7. The highest BCUT2D eigenvalue weighted by molar-refractivity contribution is 8.76. The highest BCUT2D eigenvalue weighted by atomic mass is 33.1. The number of carbonyl (C=O) groups is 11. The number of phenols is 1. The molecule has 432 valence electrons. The van der Waals surface area contributed by atoms with Crippen molar-refractivity contribution in [3.05, 3.63) is 59.7 Å². The maximum absolute atomic E-state index is 14.7. The Kier molecular flexibility index (Phi) is 25.4. The number of aromatic hydroxyl groups is 1. The van der Waals surface area contributed by atoms with Gasteiger partial charge in [0, 0.05) is 56.0 Å². The van der Waals surface area contributed by atoms with Crippen LogP contribution in [0.5, 0.6) is 5.75 Å². The van der Waals surface area contributed by atoms with Gasteiger partial charge in [0.25, 0.3) is 0 Å². The summed E-state index contributed by atoms with van der Waals surface area (Å²) < 4.78 is 0. The third kappa shape index (κ3) is 21.2. The van der Waals surface area contributed by atoms with Gasteiger partial charge in [0.1, 0.15) is 54.1 Å². The number of hydrogen-bond donors (Lipinski definition) is 14. The van der Waals surface area contributed by atoms with Crippen molar-refractivity contribution in [3.63, 3.8) is 0 Å². The van der Waals surface area contributed by atoms with Gasteiger partial charge in [-0.15, -0.1) is 0 Å². The number of aliphatic imine (C=N–C) groups is 1. The smallest absolute Gasteiger partial charge is 0.246 e. The van der Waals surface area contributed by atoms with E-state index in [4.69, 9.17) is 34.4 Å². The number of primary amides is 3. The largest absolute Gasteiger partial charge is 0.508 e. The number of carbonyl (C=O) groups excluding carboxylic acids is 11. The summed E-state index contributed by atoms with van der Waals surface area (Å²) in [7, 11) is 2.19. The van der Waals surface area contributed by atoms with Gasteiger partial charge >= 0.3 is 0 Å². The molecule has 11 amide bonds. The number of phenolic OH excluding ortho intramolecular Hbond substituents is 1. The standard InChI is InChI=1S/C50H73N15O12S2/c1-3-26(2)41-48(76)60-32(16-17-38(52)67)44(72)62-35(24-39(53)68)45(73)63-36(25-79-78-21-18-40(69)58-34(46(74)64-41)23-28-10-14-30(66)15-11-28)49(77)65-20-5-7-37(65)47(75)59-31(6-4-19-57-50(55)56)43(71)61-33(42(54)70)22-27-8-12-29(51)13-9-27/h8-15,26,31-37,41,66H,3-7,16-25,51H2,1-2H3,(H2,52,67)(H2,53,68)(H2,54,70)(H,58,69)(H,59,75)(H,60,76)(H,61,71)(H,62,72)(H,63,73)(H,64,74)(H4,55,56,57)/t26-,31-,32+,33-,34+,35-,36-,37+,41-/m0/s1. The van der Waals surface area contributed by atoms with E-state index >= 15 is 0 Å². The summed E-state index contributed by atoms with van der Waals surface area (Å²) in [4.78, 5) is 155. The van der Waals surface area contributed by atoms with Crippen molar-refractivity contribution >= 4 is 98.2 Å². The number of nitrogen functional groups attached to an aromatic ring is 1. The van der Waals surface area contributed by atoms with Gasteiger partial charge in [-0.05, 0) is 73.4 Å². The maximum atomic E-state index is 14.7. The van der Waals surface area contributed by atoms with Crippen LogP contribution in [0.1, 0.15) is 82.8 Å². The monoisotopic (exact) mass is 1140 g/mol. The normalized spacial score (nSPS) is 21.9. The number of nitrogens with zero attached hydrogens (tertiary/aromatic N) is 2. The van der Waals surface area contributed by atoms with Crippen molar-refractivity contribution < 1.29 is 57.8 Å². The second-order valence-electron chi connectivity index (χ2n) is 19.2. The average Bonchev–Trinajstić information content (AvgIpc) is 3.91. The molecule has 2 heterocycles. The average molecular weight is 1140 g/mol. The SMILES string of the molecule is CC[C@H](C)[C@@H]1NC(=O)[C@@H](Cc2ccc(O)cc2)NC(=O)CCSSC[C@@H](C(=O)N2CCC[C@@H]2C(=O)N[C@@H](CCCN=C(N)N)C(=O)N[C@@H](Cc2ccc(N)cc2)C(N)=O)NC(=O)[C@H](CC(N)=O)NC(=O)[C@@H](CCC(N)=O)NC1=O. The first-order chi connectivity index (χ1) is 37.4. The second kappa shape index (κ2) is 31.5. The topological polar surface area (TPSA) is 464 Å². The lowest BCUT2D eigenvalue weighted by atomic mass is 9.96. The molecule has 0 unspecified atom stereocenters. The van der Waals surface area contributed by atoms with Gasteiger partial charge in [0.15, 0.2) is 5.96 Å². The summed E-state index contributed by atoms with van der Waals surface area (Å²) in [6, 6.07) is 1.35. The van der Waals surface area contributed by atoms with E-state index in [0.717, 1.165) is 21.6 Å². The molecule has 79 heavy (non-hydrogen) atoms. The third-order valence-electron chi connectivity index (χ3n) is 13.0. The minimum Gasteiger partial charge on any atom is -0.508 e. The van der Waals surface area contributed by atoms with Gasteiger partial charge in [-0.25, -0.2) is 0 Å². The number of benzene rings is 2. The van der Waals surface area contributed by atoms with Gasteiger partial charge in [-0.2, -0.15) is 0 Å². The maximum Gasteiger partial charge on any atom is 0.246 e. The molecule has 4 rings (SSSR count). The number of nitrogens with two attached hydrogens (primary N) is 6. The zero-order valence-corrected chi connectivity index (χ0v) is 45.7. The summed E-state index contributed by atoms with van der Waals surface area (Å²) >= 11 is 0. The summed E-state index contributed by atoms with van der Waals surface area (Å²) in [5.74, 6) is -10.3. The molecule has 27 nitrogen and oxygen atoms in total. The molecular formula is C50H73N15O12S2. The Balaban J connectivity index is 1.67. The summed E-state index contributed by atoms with van der Waals surface area (Å²) in [6.45, 7) is 3.49. The zero-order valence-electron chi connectivity index (χ0n) is 44.0. The molecular weight excluding hydrogens is 1070 g/mol. The molecule has 20 N–H and O–H groups in total. The molecule has 0 saturated carbocycles. The molecule has 2 fully saturated rings. The van der Waals surface area contributed by atoms with E-state index < -0.39 is 138 Å². The predicted octanol–water partition coefficient (Wildman–Crippen LogP) is -3.34. The Hall–Kier alpha value is -7.82. The van der Waals surface area contributed by atoms with E-state index in [0.29, 0.717) is 29.7 Å². The number of amides is 11. The third-order valence-corrected chi connectivity index (χ3v) is 15.4. The number of likely N-dealkylation sites (tertiary alicyclic amines) is 1. The van der Waals surface area contributed by atoms with E-state index in [-0.39, 0.29) is 74.8 Å². The van der Waals surface area contributed by atoms with Crippen molar-refractivity contribution in [2.24, 2.45) is 39.6 Å². The Morgan fingerprint density at radius 2 is 1.42 bits per heavy atom. The van der Waals surface area contributed by atoms with E-state index in [2.05, 4.69) is 42.2 Å². The van der Waals surface area contributed by atoms with Gasteiger partial charge in [0.05, 0.1) is 6.42 Å². The van der Waals surface area contributed by atoms with E-state index in [1.165, 1.54) is 17.0 Å². The lowest BCUT2D eigenvalue weighted by Crippen LogP contribution is -2.61. The van der Waals surface area contributed by atoms with Crippen molar-refractivity contribution in [2.75, 3.05) is 30.3 Å². The molecule has 0 bridgehead atoms. The number of anilines is 1. The van der Waals surface area contributed by atoms with Crippen LogP contribution in [0.4, 0.5) is 5.69 Å². The Labute approximate surface area is 464 Å². The highest BCUT2D eigenvalue weighted by Crippen LogP contribution is 2.26. The second-order valence-corrected chi connectivity index (χ2v) is 21.8. The minimum atomic E-state index is -1.77. The minimum absolute atomic E-state index is 0.00593. The van der Waals surface area contributed by atoms with Crippen LogP contribution in [0.25, 0.3) is 0 Å². The Bertz CT molecular complexity index is 2540. The zero-order chi connectivity index (χ0) is 58.3. The first-order valence-corrected chi connectivity index (χ1v) is 28.1. The first kappa shape index (κ1) is 63.7. The van der Waals surface area contributed by atoms with E-state index in [1.54, 1.807) is 50.2 Å². The molecule has 0 aromatic heterocycles. The number of rotatable bonds is 21. The molecule has 2 aromatic carbocycles. The summed E-state index contributed by atoms with van der Waals surface area (Å²) in [5.41, 5.74) is 35.1. The van der Waals surface area contributed by atoms with Gasteiger partial charge in [-0.3, -0.25) is 57.7 Å². The van der Waals surface area contributed by atoms with Crippen LogP contribution in [0.3, 0.4) is 0 Å². The molecule has 9 atom stereocenters. The fraction of sp³-hybridized carbons (Fsp3) is 0.520. The van der Waals surface area contributed by atoms with Crippen LogP contribution >= 0.6 is 21.6 Å². The van der Waals surface area contributed by atoms with Gasteiger partial charge in [-0.1, -0.05) is 66.1 Å². The van der Waals surface area contributed by atoms with Gasteiger partial charge < -0.3 is 81.6 Å². The quantitative estimate of drug-likeness (QED) is 0.0191. The van der Waals surface area contributed by atoms with Crippen LogP contribution in [0, 0.1) is 5.92 Å². The number of hydrogen-bond acceptors (Lipinski definition) is 16. The molecule has 2 aromatic rings. The molecule has 2 aliphatic heterocycles. The molecule has 2 saturated heterocycles. The fourth-order valence-electron chi connectivity index (χ4n) is 8.48. The molecule has 29 heteroatoms. The van der Waals surface area contributed by atoms with Crippen molar-refractivity contribution in [2.45, 2.75) is 133 Å². The first-order valence-electron chi connectivity index (χ1n) is 25.7. The van der Waals surface area contributed by atoms with Crippen LogP contribution < -0.4 is 71.6 Å². The van der Waals surface area contributed by atoms with E-state index in [1.807, 2.05) is 0 Å². The van der Waals surface area contributed by atoms with Crippen LogP contribution in [0.2, 0.25) is 0 Å². The Morgan fingerprint density at radius 3 is 2.05 bits per heavy atom. The lowest BCUT2D eigenvalue weighted by molar-refractivity contribution is -0.142. The molecule has 0 aliphatic carbocycles. The highest BCUT2D eigenvalue weighted by Gasteiger charge is 2.41. The Morgan fingerprint density at radius 1 is 0.772 bits per heavy atom. The molecule has 0 radical (unpaired) electrons. The summed E-state index contributed by atoms with van der Waals surface area (Å²) in [5, 5.41) is 28.2. The predicted molar refractivity (Wildman–Crippen MR) is 295 cm³/mol. The molecule has 0 spiro atoms. The molecule has 2 aliphatic rings. The van der Waals surface area contributed by atoms with Gasteiger partial charge in [0.2, 0.25) is 65.0 Å². The van der Waals surface area contributed by atoms with Crippen LogP contribution in [-0.4, -0.2) is 154 Å². The van der Waals surface area contributed by atoms with Crippen molar-refractivity contribution in [1.82, 2.24) is 42.1 Å². The van der Waals surface area contributed by atoms with E-state index in [9.17, 15) is 57.8 Å².